The van der Waals surface area contributed by atoms with Gasteiger partial charge in [-0.1, -0.05) is 23.7 Å². The molecule has 0 saturated carbocycles. The Morgan fingerprint density at radius 3 is 2.65 bits per heavy atom. The van der Waals surface area contributed by atoms with Crippen LogP contribution in [0.25, 0.3) is 10.6 Å². The number of hydrogen-bond acceptors (Lipinski definition) is 5. The van der Waals surface area contributed by atoms with Crippen LogP contribution in [0.2, 0.25) is 5.02 Å². The normalized spacial score (nSPS) is 10.8. The molecule has 0 aliphatic carbocycles. The Morgan fingerprint density at radius 2 is 1.91 bits per heavy atom. The van der Waals surface area contributed by atoms with Crippen molar-refractivity contribution in [1.82, 2.24) is 15.4 Å². The summed E-state index contributed by atoms with van der Waals surface area (Å²) in [5.41, 5.74) is 4.61. The fourth-order valence-corrected chi connectivity index (χ4v) is 2.70. The first-order valence-electron chi connectivity index (χ1n) is 6.67. The van der Waals surface area contributed by atoms with Crippen molar-refractivity contribution in [3.8, 4) is 10.6 Å². The number of amides is 1. The molecule has 0 aliphatic heterocycles. The predicted octanol–water partition coefficient (Wildman–Crippen LogP) is 3.62. The van der Waals surface area contributed by atoms with Crippen molar-refractivity contribution in [3.05, 3.63) is 70.5 Å². The average Bonchev–Trinajstić information content (AvgIpc) is 3.05. The Bertz CT molecular complexity index is 831. The van der Waals surface area contributed by atoms with Gasteiger partial charge in [0.1, 0.15) is 5.01 Å². The lowest BCUT2D eigenvalue weighted by atomic mass is 10.2. The summed E-state index contributed by atoms with van der Waals surface area (Å²) in [4.78, 5) is 20.1. The molecule has 0 saturated heterocycles. The number of pyridine rings is 1. The van der Waals surface area contributed by atoms with Crippen LogP contribution < -0.4 is 5.43 Å². The number of hydrazone groups is 1. The zero-order chi connectivity index (χ0) is 16.1. The van der Waals surface area contributed by atoms with Crippen LogP contribution in [-0.4, -0.2) is 22.1 Å². The summed E-state index contributed by atoms with van der Waals surface area (Å²) in [5, 5.41) is 7.33. The summed E-state index contributed by atoms with van der Waals surface area (Å²) in [6.07, 6.45) is 4.61. The Labute approximate surface area is 141 Å². The number of nitrogens with zero attached hydrogens (tertiary/aromatic N) is 3. The van der Waals surface area contributed by atoms with Gasteiger partial charge in [0, 0.05) is 33.9 Å². The lowest BCUT2D eigenvalue weighted by Gasteiger charge is -1.97. The third-order valence-electron chi connectivity index (χ3n) is 2.92. The Balaban J connectivity index is 1.65. The number of thiazole rings is 1. The van der Waals surface area contributed by atoms with Gasteiger partial charge in [0.05, 0.1) is 11.9 Å². The summed E-state index contributed by atoms with van der Waals surface area (Å²) in [5.74, 6) is -0.295. The topological polar surface area (TPSA) is 67.2 Å². The summed E-state index contributed by atoms with van der Waals surface area (Å²) in [6.45, 7) is 0. The standard InChI is InChI=1S/C16H11ClN4OS/c17-13-3-1-12(2-4-13)16-20-14(10-23-16)9-19-21-15(22)11-5-7-18-8-6-11/h1-10H,(H,21,22)/b19-9-. The molecule has 23 heavy (non-hydrogen) atoms. The number of rotatable bonds is 4. The quantitative estimate of drug-likeness (QED) is 0.581. The van der Waals surface area contributed by atoms with E-state index in [2.05, 4.69) is 20.5 Å². The minimum absolute atomic E-state index is 0.295. The fourth-order valence-electron chi connectivity index (χ4n) is 1.80. The number of benzene rings is 1. The van der Waals surface area contributed by atoms with E-state index in [0.717, 1.165) is 10.6 Å². The van der Waals surface area contributed by atoms with Crippen LogP contribution in [0, 0.1) is 0 Å². The number of aromatic nitrogens is 2. The molecule has 1 N–H and O–H groups in total. The number of carbonyl (C=O) groups is 1. The van der Waals surface area contributed by atoms with E-state index in [-0.39, 0.29) is 5.91 Å². The lowest BCUT2D eigenvalue weighted by molar-refractivity contribution is 0.0955. The molecule has 3 rings (SSSR count). The molecule has 0 atom stereocenters. The first kappa shape index (κ1) is 15.3. The summed E-state index contributed by atoms with van der Waals surface area (Å²) < 4.78 is 0. The zero-order valence-electron chi connectivity index (χ0n) is 11.8. The highest BCUT2D eigenvalue weighted by Gasteiger charge is 2.04. The van der Waals surface area contributed by atoms with Crippen LogP contribution in [0.5, 0.6) is 0 Å². The third kappa shape index (κ3) is 4.00. The monoisotopic (exact) mass is 342 g/mol. The summed E-state index contributed by atoms with van der Waals surface area (Å²) in [6, 6.07) is 10.7. The number of carbonyl (C=O) groups excluding carboxylic acids is 1. The minimum Gasteiger partial charge on any atom is -0.267 e. The molecule has 0 unspecified atom stereocenters. The number of nitrogens with one attached hydrogen (secondary N) is 1. The van der Waals surface area contributed by atoms with Crippen molar-refractivity contribution < 1.29 is 4.79 Å². The predicted molar refractivity (Wildman–Crippen MR) is 91.9 cm³/mol. The molecule has 0 bridgehead atoms. The second kappa shape index (κ2) is 7.13. The first-order valence-corrected chi connectivity index (χ1v) is 7.93. The van der Waals surface area contributed by atoms with E-state index in [1.807, 2.05) is 29.6 Å². The van der Waals surface area contributed by atoms with Crippen molar-refractivity contribution >= 4 is 35.1 Å². The molecule has 3 aromatic rings. The van der Waals surface area contributed by atoms with Gasteiger partial charge in [0.2, 0.25) is 0 Å². The van der Waals surface area contributed by atoms with Gasteiger partial charge in [-0.2, -0.15) is 5.10 Å². The molecule has 0 spiro atoms. The van der Waals surface area contributed by atoms with Gasteiger partial charge in [-0.3, -0.25) is 9.78 Å². The van der Waals surface area contributed by atoms with Gasteiger partial charge < -0.3 is 0 Å². The Hall–Kier alpha value is -2.57. The number of halogens is 1. The summed E-state index contributed by atoms with van der Waals surface area (Å²) in [7, 11) is 0. The molecule has 2 aromatic heterocycles. The average molecular weight is 343 g/mol. The molecular formula is C16H11ClN4OS. The molecule has 1 aromatic carbocycles. The largest absolute Gasteiger partial charge is 0.271 e. The van der Waals surface area contributed by atoms with E-state index in [0.29, 0.717) is 16.3 Å². The van der Waals surface area contributed by atoms with Crippen LogP contribution in [0.3, 0.4) is 0 Å². The molecule has 7 heteroatoms. The zero-order valence-corrected chi connectivity index (χ0v) is 13.4. The van der Waals surface area contributed by atoms with E-state index in [1.165, 1.54) is 17.6 Å². The van der Waals surface area contributed by atoms with E-state index in [1.54, 1.807) is 24.5 Å². The van der Waals surface area contributed by atoms with Gasteiger partial charge in [-0.15, -0.1) is 11.3 Å². The van der Waals surface area contributed by atoms with Crippen LogP contribution in [-0.2, 0) is 0 Å². The second-order valence-electron chi connectivity index (χ2n) is 4.52. The van der Waals surface area contributed by atoms with Crippen LogP contribution >= 0.6 is 22.9 Å². The minimum atomic E-state index is -0.295. The molecule has 5 nitrogen and oxygen atoms in total. The van der Waals surface area contributed by atoms with Crippen molar-refractivity contribution in [1.29, 1.82) is 0 Å². The highest BCUT2D eigenvalue weighted by Crippen LogP contribution is 2.24. The maximum absolute atomic E-state index is 11.8. The molecule has 114 valence electrons. The van der Waals surface area contributed by atoms with Crippen LogP contribution in [0.1, 0.15) is 16.1 Å². The van der Waals surface area contributed by atoms with Gasteiger partial charge >= 0.3 is 0 Å². The highest BCUT2D eigenvalue weighted by molar-refractivity contribution is 7.13. The highest BCUT2D eigenvalue weighted by atomic mass is 35.5. The van der Waals surface area contributed by atoms with Crippen LogP contribution in [0.15, 0.2) is 59.3 Å². The maximum atomic E-state index is 11.8. The van der Waals surface area contributed by atoms with E-state index < -0.39 is 0 Å². The molecule has 0 fully saturated rings. The van der Waals surface area contributed by atoms with Gasteiger partial charge in [0.25, 0.3) is 5.91 Å². The van der Waals surface area contributed by atoms with Crippen LogP contribution in [0.4, 0.5) is 0 Å². The van der Waals surface area contributed by atoms with Gasteiger partial charge in [-0.25, -0.2) is 10.4 Å². The second-order valence-corrected chi connectivity index (χ2v) is 5.81. The smallest absolute Gasteiger partial charge is 0.267 e. The SMILES string of the molecule is O=C(N/N=C\c1csc(-c2ccc(Cl)cc2)n1)c1ccncc1. The molecular weight excluding hydrogens is 332 g/mol. The van der Waals surface area contributed by atoms with E-state index in [4.69, 9.17) is 11.6 Å². The molecule has 0 radical (unpaired) electrons. The first-order chi connectivity index (χ1) is 11.2. The van der Waals surface area contributed by atoms with E-state index >= 15 is 0 Å². The molecule has 1 amide bonds. The van der Waals surface area contributed by atoms with Gasteiger partial charge in [-0.05, 0) is 24.3 Å². The maximum Gasteiger partial charge on any atom is 0.271 e. The van der Waals surface area contributed by atoms with Crippen molar-refractivity contribution in [2.45, 2.75) is 0 Å². The molecule has 0 aliphatic rings. The molecule has 2 heterocycles. The third-order valence-corrected chi connectivity index (χ3v) is 4.08. The van der Waals surface area contributed by atoms with Crippen molar-refractivity contribution in [2.24, 2.45) is 5.10 Å². The Kier molecular flexibility index (Phi) is 4.75. The van der Waals surface area contributed by atoms with Gasteiger partial charge in [0.15, 0.2) is 0 Å². The number of hydrogen-bond donors (Lipinski definition) is 1. The fraction of sp³-hybridized carbons (Fsp3) is 0. The lowest BCUT2D eigenvalue weighted by Crippen LogP contribution is -2.17. The van der Waals surface area contributed by atoms with Crippen molar-refractivity contribution in [2.75, 3.05) is 0 Å². The van der Waals surface area contributed by atoms with E-state index in [9.17, 15) is 4.79 Å². The Morgan fingerprint density at radius 1 is 1.17 bits per heavy atom. The van der Waals surface area contributed by atoms with Crippen molar-refractivity contribution in [3.63, 3.8) is 0 Å². The summed E-state index contributed by atoms with van der Waals surface area (Å²) >= 11 is 7.37.